The largest absolute Gasteiger partial charge is 0.486 e. The van der Waals surface area contributed by atoms with Gasteiger partial charge in [-0.3, -0.25) is 4.79 Å². The Balaban J connectivity index is 1.44. The molecule has 1 aliphatic rings. The molecule has 0 unspecified atom stereocenters. The molecule has 0 radical (unpaired) electrons. The van der Waals surface area contributed by atoms with Crippen molar-refractivity contribution in [2.75, 3.05) is 18.5 Å². The standard InChI is InChI=1S/C17H14BrN5O3/c18-13-8-15-16(26-6-5-25-15)9-14(13)20-17(24)7-11-1-3-12(4-2-11)23-10-19-21-22-23/h1-4,8-10H,5-7H2,(H,20,24). The van der Waals surface area contributed by atoms with Crippen LogP contribution in [0.25, 0.3) is 5.69 Å². The smallest absolute Gasteiger partial charge is 0.228 e. The lowest BCUT2D eigenvalue weighted by Crippen LogP contribution is -2.17. The molecule has 4 rings (SSSR count). The van der Waals surface area contributed by atoms with Gasteiger partial charge in [0.2, 0.25) is 5.91 Å². The molecule has 1 N–H and O–H groups in total. The molecule has 26 heavy (non-hydrogen) atoms. The molecular formula is C17H14BrN5O3. The topological polar surface area (TPSA) is 91.2 Å². The van der Waals surface area contributed by atoms with Crippen LogP contribution in [0.3, 0.4) is 0 Å². The number of halogens is 1. The normalized spacial score (nSPS) is 12.7. The molecule has 0 bridgehead atoms. The highest BCUT2D eigenvalue weighted by Crippen LogP contribution is 2.38. The number of amides is 1. The average molecular weight is 416 g/mol. The SMILES string of the molecule is O=C(Cc1ccc(-n2cnnn2)cc1)Nc1cc2c(cc1Br)OCCO2. The summed E-state index contributed by atoms with van der Waals surface area (Å²) in [4.78, 5) is 12.4. The Labute approximate surface area is 157 Å². The van der Waals surface area contributed by atoms with Crippen LogP contribution in [-0.2, 0) is 11.2 Å². The second-order valence-electron chi connectivity index (χ2n) is 5.62. The van der Waals surface area contributed by atoms with Gasteiger partial charge in [-0.2, -0.15) is 0 Å². The van der Waals surface area contributed by atoms with E-state index in [1.54, 1.807) is 16.8 Å². The Hall–Kier alpha value is -2.94. The van der Waals surface area contributed by atoms with Gasteiger partial charge in [-0.05, 0) is 44.1 Å². The fraction of sp³-hybridized carbons (Fsp3) is 0.176. The van der Waals surface area contributed by atoms with Gasteiger partial charge in [-0.15, -0.1) is 5.10 Å². The third-order valence-electron chi connectivity index (χ3n) is 3.82. The second kappa shape index (κ2) is 7.12. The fourth-order valence-electron chi connectivity index (χ4n) is 2.59. The minimum atomic E-state index is -0.127. The molecule has 1 aliphatic heterocycles. The maximum Gasteiger partial charge on any atom is 0.228 e. The lowest BCUT2D eigenvalue weighted by atomic mass is 10.1. The van der Waals surface area contributed by atoms with E-state index in [9.17, 15) is 4.79 Å². The van der Waals surface area contributed by atoms with Crippen molar-refractivity contribution in [1.29, 1.82) is 0 Å². The highest BCUT2D eigenvalue weighted by molar-refractivity contribution is 9.10. The number of aromatic nitrogens is 4. The molecule has 9 heteroatoms. The van der Waals surface area contributed by atoms with Crippen molar-refractivity contribution < 1.29 is 14.3 Å². The number of carbonyl (C=O) groups excluding carboxylic acids is 1. The number of hydrogen-bond donors (Lipinski definition) is 1. The zero-order valence-corrected chi connectivity index (χ0v) is 15.1. The van der Waals surface area contributed by atoms with E-state index in [2.05, 4.69) is 36.8 Å². The number of nitrogens with one attached hydrogen (secondary N) is 1. The first kappa shape index (κ1) is 16.5. The molecule has 0 saturated heterocycles. The second-order valence-corrected chi connectivity index (χ2v) is 6.48. The molecule has 1 amide bonds. The molecule has 0 aliphatic carbocycles. The summed E-state index contributed by atoms with van der Waals surface area (Å²) in [6, 6.07) is 11.0. The number of hydrogen-bond acceptors (Lipinski definition) is 6. The Morgan fingerprint density at radius 2 is 1.88 bits per heavy atom. The van der Waals surface area contributed by atoms with Crippen LogP contribution in [-0.4, -0.2) is 39.3 Å². The average Bonchev–Trinajstić information content (AvgIpc) is 3.17. The lowest BCUT2D eigenvalue weighted by molar-refractivity contribution is -0.115. The minimum Gasteiger partial charge on any atom is -0.486 e. The van der Waals surface area contributed by atoms with E-state index in [1.165, 1.54) is 6.33 Å². The van der Waals surface area contributed by atoms with E-state index >= 15 is 0 Å². The van der Waals surface area contributed by atoms with Crippen molar-refractivity contribution in [2.45, 2.75) is 6.42 Å². The van der Waals surface area contributed by atoms with Gasteiger partial charge < -0.3 is 14.8 Å². The van der Waals surface area contributed by atoms with Gasteiger partial charge in [0.1, 0.15) is 19.5 Å². The van der Waals surface area contributed by atoms with Crippen LogP contribution in [0.1, 0.15) is 5.56 Å². The molecule has 0 spiro atoms. The van der Waals surface area contributed by atoms with Crippen LogP contribution < -0.4 is 14.8 Å². The Bertz CT molecular complexity index is 928. The first-order chi connectivity index (χ1) is 12.7. The van der Waals surface area contributed by atoms with Gasteiger partial charge in [0, 0.05) is 16.6 Å². The number of anilines is 1. The van der Waals surface area contributed by atoms with Crippen LogP contribution in [0, 0.1) is 0 Å². The van der Waals surface area contributed by atoms with Gasteiger partial charge in [0.05, 0.1) is 17.8 Å². The van der Waals surface area contributed by atoms with Crippen LogP contribution in [0.5, 0.6) is 11.5 Å². The molecule has 2 heterocycles. The van der Waals surface area contributed by atoms with E-state index in [-0.39, 0.29) is 12.3 Å². The van der Waals surface area contributed by atoms with E-state index in [1.807, 2.05) is 24.3 Å². The molecule has 0 saturated carbocycles. The van der Waals surface area contributed by atoms with Crippen LogP contribution in [0.4, 0.5) is 5.69 Å². The van der Waals surface area contributed by atoms with Crippen molar-refractivity contribution in [1.82, 2.24) is 20.2 Å². The van der Waals surface area contributed by atoms with Crippen LogP contribution in [0.15, 0.2) is 47.2 Å². The molecule has 8 nitrogen and oxygen atoms in total. The van der Waals surface area contributed by atoms with Gasteiger partial charge in [0.25, 0.3) is 0 Å². The van der Waals surface area contributed by atoms with Crippen molar-refractivity contribution in [3.63, 3.8) is 0 Å². The molecule has 1 aromatic heterocycles. The predicted octanol–water partition coefficient (Wildman–Crippen LogP) is 2.38. The number of benzene rings is 2. The van der Waals surface area contributed by atoms with Crippen LogP contribution in [0.2, 0.25) is 0 Å². The summed E-state index contributed by atoms with van der Waals surface area (Å²) in [5, 5.41) is 13.9. The summed E-state index contributed by atoms with van der Waals surface area (Å²) in [5.74, 6) is 1.16. The molecule has 0 atom stereocenters. The van der Waals surface area contributed by atoms with Gasteiger partial charge in [-0.1, -0.05) is 12.1 Å². The molecule has 0 fully saturated rings. The summed E-state index contributed by atoms with van der Waals surface area (Å²) >= 11 is 3.45. The van der Waals surface area contributed by atoms with Crippen LogP contribution >= 0.6 is 15.9 Å². The predicted molar refractivity (Wildman–Crippen MR) is 96.6 cm³/mol. The van der Waals surface area contributed by atoms with E-state index in [0.717, 1.165) is 15.7 Å². The van der Waals surface area contributed by atoms with Gasteiger partial charge in [0.15, 0.2) is 11.5 Å². The van der Waals surface area contributed by atoms with E-state index in [4.69, 9.17) is 9.47 Å². The molecule has 3 aromatic rings. The Morgan fingerprint density at radius 3 is 2.58 bits per heavy atom. The Kier molecular flexibility index (Phi) is 4.53. The zero-order chi connectivity index (χ0) is 17.9. The van der Waals surface area contributed by atoms with E-state index < -0.39 is 0 Å². The maximum atomic E-state index is 12.4. The number of rotatable bonds is 4. The van der Waals surface area contributed by atoms with Crippen molar-refractivity contribution in [3.05, 3.63) is 52.8 Å². The number of tetrazole rings is 1. The first-order valence-electron chi connectivity index (χ1n) is 7.90. The monoisotopic (exact) mass is 415 g/mol. The number of fused-ring (bicyclic) bond motifs is 1. The Morgan fingerprint density at radius 1 is 1.15 bits per heavy atom. The van der Waals surface area contributed by atoms with E-state index in [0.29, 0.717) is 30.4 Å². The minimum absolute atomic E-state index is 0.127. The number of carbonyl (C=O) groups is 1. The van der Waals surface area contributed by atoms with Crippen molar-refractivity contribution >= 4 is 27.5 Å². The fourth-order valence-corrected chi connectivity index (χ4v) is 3.01. The lowest BCUT2D eigenvalue weighted by Gasteiger charge is -2.20. The number of nitrogens with zero attached hydrogens (tertiary/aromatic N) is 4. The summed E-state index contributed by atoms with van der Waals surface area (Å²) in [6.07, 6.45) is 1.76. The summed E-state index contributed by atoms with van der Waals surface area (Å²) in [6.45, 7) is 1.02. The summed E-state index contributed by atoms with van der Waals surface area (Å²) in [5.41, 5.74) is 2.35. The molecule has 2 aromatic carbocycles. The molecular weight excluding hydrogens is 402 g/mol. The first-order valence-corrected chi connectivity index (χ1v) is 8.69. The third-order valence-corrected chi connectivity index (χ3v) is 4.48. The summed E-state index contributed by atoms with van der Waals surface area (Å²) < 4.78 is 13.4. The van der Waals surface area contributed by atoms with Crippen molar-refractivity contribution in [3.8, 4) is 17.2 Å². The highest BCUT2D eigenvalue weighted by Gasteiger charge is 2.16. The highest BCUT2D eigenvalue weighted by atomic mass is 79.9. The van der Waals surface area contributed by atoms with Crippen molar-refractivity contribution in [2.24, 2.45) is 0 Å². The molecule has 132 valence electrons. The van der Waals surface area contributed by atoms with Gasteiger partial charge >= 0.3 is 0 Å². The van der Waals surface area contributed by atoms with Gasteiger partial charge in [-0.25, -0.2) is 4.68 Å². The quantitative estimate of drug-likeness (QED) is 0.703. The third kappa shape index (κ3) is 3.52. The zero-order valence-electron chi connectivity index (χ0n) is 13.6. The number of ether oxygens (including phenoxy) is 2. The summed E-state index contributed by atoms with van der Waals surface area (Å²) in [7, 11) is 0. The maximum absolute atomic E-state index is 12.4.